The number of hydrogen-bond acceptors (Lipinski definition) is 9. The Kier molecular flexibility index (Phi) is 9.77. The standard InChI is InChI=1S/C29H35F2N5O5/c1-29(2,3)34-28(37)41-25-18-24(40-19-20-8-6-5-7-9-20)32-27(33-25)36-12-10-35(11-13-36)26-22(30)16-21(17-23(26)31)39-15-14-38-4/h5-9,16-18H,10-15,19H2,1-4H3,(H,34,37). The monoisotopic (exact) mass is 571 g/mol. The second-order valence-electron chi connectivity index (χ2n) is 10.4. The molecule has 2 aromatic carbocycles. The topological polar surface area (TPSA) is 98.3 Å². The van der Waals surface area contributed by atoms with Gasteiger partial charge in [-0.1, -0.05) is 30.3 Å². The molecule has 0 bridgehead atoms. The van der Waals surface area contributed by atoms with Crippen LogP contribution in [0, 0.1) is 11.6 Å². The van der Waals surface area contributed by atoms with Crippen LogP contribution in [0.2, 0.25) is 0 Å². The zero-order chi connectivity index (χ0) is 29.4. The third kappa shape index (κ3) is 8.65. The van der Waals surface area contributed by atoms with Gasteiger partial charge in [0, 0.05) is 51.0 Å². The van der Waals surface area contributed by atoms with E-state index in [0.29, 0.717) is 32.8 Å². The number of aromatic nitrogens is 2. The summed E-state index contributed by atoms with van der Waals surface area (Å²) in [5.74, 6) is -0.804. The molecule has 1 amide bonds. The van der Waals surface area contributed by atoms with E-state index in [1.165, 1.54) is 25.3 Å². The highest BCUT2D eigenvalue weighted by Gasteiger charge is 2.26. The molecule has 1 aromatic heterocycles. The van der Waals surface area contributed by atoms with Crippen LogP contribution in [0.1, 0.15) is 26.3 Å². The number of carbonyl (C=O) groups excluding carboxylic acids is 1. The molecule has 0 aliphatic carbocycles. The summed E-state index contributed by atoms with van der Waals surface area (Å²) >= 11 is 0. The van der Waals surface area contributed by atoms with Crippen molar-refractivity contribution in [2.45, 2.75) is 32.9 Å². The molecule has 3 aromatic rings. The number of piperazine rings is 1. The van der Waals surface area contributed by atoms with Crippen molar-refractivity contribution in [3.8, 4) is 17.5 Å². The van der Waals surface area contributed by atoms with Gasteiger partial charge in [0.2, 0.25) is 17.7 Å². The molecule has 2 heterocycles. The summed E-state index contributed by atoms with van der Waals surface area (Å²) in [4.78, 5) is 24.8. The first-order valence-electron chi connectivity index (χ1n) is 13.3. The minimum absolute atomic E-state index is 0.0170. The fourth-order valence-electron chi connectivity index (χ4n) is 4.12. The van der Waals surface area contributed by atoms with E-state index in [1.54, 1.807) is 4.90 Å². The maximum atomic E-state index is 14.9. The second-order valence-corrected chi connectivity index (χ2v) is 10.4. The fourth-order valence-corrected chi connectivity index (χ4v) is 4.12. The van der Waals surface area contributed by atoms with Crippen LogP contribution in [0.5, 0.6) is 17.5 Å². The lowest BCUT2D eigenvalue weighted by atomic mass is 10.1. The van der Waals surface area contributed by atoms with Crippen LogP contribution < -0.4 is 29.3 Å². The van der Waals surface area contributed by atoms with Gasteiger partial charge < -0.3 is 34.1 Å². The smallest absolute Gasteiger partial charge is 0.414 e. The molecular weight excluding hydrogens is 536 g/mol. The third-order valence-corrected chi connectivity index (χ3v) is 6.00. The largest absolute Gasteiger partial charge is 0.491 e. The number of nitrogens with one attached hydrogen (secondary N) is 1. The molecule has 0 spiro atoms. The molecule has 1 aliphatic rings. The molecule has 4 rings (SSSR count). The lowest BCUT2D eigenvalue weighted by molar-refractivity contribution is 0.146. The SMILES string of the molecule is COCCOc1cc(F)c(N2CCN(c3nc(OCc4ccccc4)cc(OC(=O)NC(C)(C)C)n3)CC2)c(F)c1. The summed E-state index contributed by atoms with van der Waals surface area (Å²) in [5.41, 5.74) is 0.315. The first-order chi connectivity index (χ1) is 19.6. The Labute approximate surface area is 238 Å². The number of anilines is 2. The summed E-state index contributed by atoms with van der Waals surface area (Å²) in [6.07, 6.45) is -0.665. The van der Waals surface area contributed by atoms with Crippen molar-refractivity contribution in [2.24, 2.45) is 0 Å². The number of nitrogens with zero attached hydrogens (tertiary/aromatic N) is 4. The predicted octanol–water partition coefficient (Wildman–Crippen LogP) is 4.57. The predicted molar refractivity (Wildman–Crippen MR) is 150 cm³/mol. The van der Waals surface area contributed by atoms with Crippen molar-refractivity contribution in [1.29, 1.82) is 0 Å². The van der Waals surface area contributed by atoms with Gasteiger partial charge in [0.25, 0.3) is 0 Å². The quantitative estimate of drug-likeness (QED) is 0.351. The van der Waals surface area contributed by atoms with E-state index in [2.05, 4.69) is 15.3 Å². The highest BCUT2D eigenvalue weighted by Crippen LogP contribution is 2.30. The van der Waals surface area contributed by atoms with Crippen LogP contribution in [0.25, 0.3) is 0 Å². The Morgan fingerprint density at radius 2 is 1.54 bits per heavy atom. The van der Waals surface area contributed by atoms with Crippen LogP contribution in [0.3, 0.4) is 0 Å². The van der Waals surface area contributed by atoms with Crippen molar-refractivity contribution in [3.05, 3.63) is 65.7 Å². The number of amides is 1. The Bertz CT molecular complexity index is 1290. The molecule has 1 N–H and O–H groups in total. The number of carbonyl (C=O) groups is 1. The van der Waals surface area contributed by atoms with E-state index in [0.717, 1.165) is 5.56 Å². The van der Waals surface area contributed by atoms with Gasteiger partial charge in [-0.2, -0.15) is 9.97 Å². The van der Waals surface area contributed by atoms with Crippen molar-refractivity contribution >= 4 is 17.7 Å². The van der Waals surface area contributed by atoms with E-state index in [9.17, 15) is 13.6 Å². The summed E-state index contributed by atoms with van der Waals surface area (Å²) in [5, 5.41) is 2.73. The number of ether oxygens (including phenoxy) is 4. The average molecular weight is 572 g/mol. The van der Waals surface area contributed by atoms with E-state index in [-0.39, 0.29) is 42.4 Å². The van der Waals surface area contributed by atoms with Crippen molar-refractivity contribution < 1.29 is 32.5 Å². The number of hydrogen-bond donors (Lipinski definition) is 1. The van der Waals surface area contributed by atoms with Gasteiger partial charge in [-0.15, -0.1) is 0 Å². The molecular formula is C29H35F2N5O5. The molecule has 1 fully saturated rings. The molecule has 10 nitrogen and oxygen atoms in total. The number of benzene rings is 2. The van der Waals surface area contributed by atoms with Crippen LogP contribution in [-0.2, 0) is 11.3 Å². The Hall–Kier alpha value is -4.19. The number of halogens is 2. The third-order valence-electron chi connectivity index (χ3n) is 6.00. The maximum Gasteiger partial charge on any atom is 0.414 e. The first-order valence-corrected chi connectivity index (χ1v) is 13.3. The molecule has 220 valence electrons. The molecule has 0 atom stereocenters. The van der Waals surface area contributed by atoms with E-state index >= 15 is 0 Å². The average Bonchev–Trinajstić information content (AvgIpc) is 2.91. The van der Waals surface area contributed by atoms with Gasteiger partial charge in [0.1, 0.15) is 24.7 Å². The van der Waals surface area contributed by atoms with Crippen LogP contribution in [0.4, 0.5) is 25.2 Å². The van der Waals surface area contributed by atoms with E-state index < -0.39 is 23.3 Å². The molecule has 1 saturated heterocycles. The first kappa shape index (κ1) is 29.8. The van der Waals surface area contributed by atoms with Gasteiger partial charge in [-0.05, 0) is 26.3 Å². The lowest BCUT2D eigenvalue weighted by Crippen LogP contribution is -2.47. The van der Waals surface area contributed by atoms with E-state index in [4.69, 9.17) is 18.9 Å². The Morgan fingerprint density at radius 1 is 0.902 bits per heavy atom. The second kappa shape index (κ2) is 13.4. The molecule has 1 aliphatic heterocycles. The van der Waals surface area contributed by atoms with Crippen LogP contribution in [0.15, 0.2) is 48.5 Å². The van der Waals surface area contributed by atoms with Crippen molar-refractivity contribution in [3.63, 3.8) is 0 Å². The lowest BCUT2D eigenvalue weighted by Gasteiger charge is -2.36. The van der Waals surface area contributed by atoms with Gasteiger partial charge in [0.05, 0.1) is 12.7 Å². The fraction of sp³-hybridized carbons (Fsp3) is 0.414. The molecule has 0 unspecified atom stereocenters. The molecule has 12 heteroatoms. The normalized spacial score (nSPS) is 13.6. The van der Waals surface area contributed by atoms with Crippen molar-refractivity contribution in [1.82, 2.24) is 15.3 Å². The van der Waals surface area contributed by atoms with Gasteiger partial charge in [0.15, 0.2) is 11.6 Å². The van der Waals surface area contributed by atoms with Gasteiger partial charge in [-0.3, -0.25) is 0 Å². The molecule has 0 radical (unpaired) electrons. The summed E-state index contributed by atoms with van der Waals surface area (Å²) in [7, 11) is 1.52. The van der Waals surface area contributed by atoms with Crippen LogP contribution >= 0.6 is 0 Å². The Balaban J connectivity index is 1.48. The molecule has 41 heavy (non-hydrogen) atoms. The number of rotatable bonds is 10. The minimum Gasteiger partial charge on any atom is -0.491 e. The minimum atomic E-state index is -0.709. The van der Waals surface area contributed by atoms with Crippen molar-refractivity contribution in [2.75, 3.05) is 56.3 Å². The zero-order valence-electron chi connectivity index (χ0n) is 23.7. The van der Waals surface area contributed by atoms with Crippen LogP contribution in [-0.4, -0.2) is 68.1 Å². The summed E-state index contributed by atoms with van der Waals surface area (Å²) in [6, 6.07) is 13.4. The molecule has 0 saturated carbocycles. The zero-order valence-corrected chi connectivity index (χ0v) is 23.7. The highest BCUT2D eigenvalue weighted by atomic mass is 19.1. The van der Waals surface area contributed by atoms with E-state index in [1.807, 2.05) is 56.0 Å². The van der Waals surface area contributed by atoms with Gasteiger partial charge >= 0.3 is 6.09 Å². The Morgan fingerprint density at radius 3 is 2.17 bits per heavy atom. The number of methoxy groups -OCH3 is 1. The summed E-state index contributed by atoms with van der Waals surface area (Å²) in [6.45, 7) is 7.58. The van der Waals surface area contributed by atoms with Gasteiger partial charge in [-0.25, -0.2) is 13.6 Å². The maximum absolute atomic E-state index is 14.9. The summed E-state index contributed by atoms with van der Waals surface area (Å²) < 4.78 is 51.4. The highest BCUT2D eigenvalue weighted by molar-refractivity contribution is 5.70.